The first-order valence-corrected chi connectivity index (χ1v) is 8.81. The van der Waals surface area contributed by atoms with Gasteiger partial charge in [-0.3, -0.25) is 4.79 Å². The second-order valence-corrected chi connectivity index (χ2v) is 6.16. The van der Waals surface area contributed by atoms with Crippen molar-refractivity contribution in [2.75, 3.05) is 13.7 Å². The summed E-state index contributed by atoms with van der Waals surface area (Å²) in [6.07, 6.45) is 0.873. The predicted molar refractivity (Wildman–Crippen MR) is 106 cm³/mol. The predicted octanol–water partition coefficient (Wildman–Crippen LogP) is 3.63. The van der Waals surface area contributed by atoms with E-state index in [-0.39, 0.29) is 5.91 Å². The molecule has 1 amide bonds. The van der Waals surface area contributed by atoms with Crippen LogP contribution in [0.3, 0.4) is 0 Å². The van der Waals surface area contributed by atoms with Crippen LogP contribution in [0.2, 0.25) is 0 Å². The van der Waals surface area contributed by atoms with Crippen molar-refractivity contribution in [3.8, 4) is 17.2 Å². The first kappa shape index (κ1) is 20.3. The van der Waals surface area contributed by atoms with Gasteiger partial charge in [-0.25, -0.2) is 5.43 Å². The number of rotatable bonds is 8. The number of carbonyl (C=O) groups is 1. The van der Waals surface area contributed by atoms with Crippen LogP contribution < -0.4 is 19.6 Å². The van der Waals surface area contributed by atoms with E-state index in [2.05, 4.69) is 10.5 Å². The molecule has 27 heavy (non-hydrogen) atoms. The van der Waals surface area contributed by atoms with Crippen LogP contribution in [0.5, 0.6) is 17.2 Å². The second-order valence-electron chi connectivity index (χ2n) is 6.16. The molecule has 0 aliphatic heterocycles. The highest BCUT2D eigenvalue weighted by Gasteiger charge is 2.14. The van der Waals surface area contributed by atoms with E-state index in [9.17, 15) is 4.79 Å². The van der Waals surface area contributed by atoms with E-state index in [1.807, 2.05) is 45.0 Å². The van der Waals surface area contributed by atoms with Gasteiger partial charge >= 0.3 is 0 Å². The van der Waals surface area contributed by atoms with Crippen molar-refractivity contribution in [1.82, 2.24) is 5.43 Å². The molecule has 6 heteroatoms. The Bertz CT molecular complexity index is 798. The number of nitrogens with zero attached hydrogens (tertiary/aromatic N) is 1. The molecule has 6 nitrogen and oxygen atoms in total. The lowest BCUT2D eigenvalue weighted by Crippen LogP contribution is -2.33. The van der Waals surface area contributed by atoms with Crippen LogP contribution in [0.25, 0.3) is 0 Å². The fraction of sp³-hybridized carbons (Fsp3) is 0.333. The summed E-state index contributed by atoms with van der Waals surface area (Å²) in [5.41, 5.74) is 5.43. The molecule has 0 unspecified atom stereocenters. The van der Waals surface area contributed by atoms with Crippen molar-refractivity contribution < 1.29 is 19.0 Å². The van der Waals surface area contributed by atoms with E-state index in [1.165, 1.54) is 0 Å². The second kappa shape index (κ2) is 9.62. The highest BCUT2D eigenvalue weighted by Crippen LogP contribution is 2.27. The van der Waals surface area contributed by atoms with Gasteiger partial charge in [0.2, 0.25) is 0 Å². The normalized spacial score (nSPS) is 11.9. The molecule has 1 atom stereocenters. The van der Waals surface area contributed by atoms with Gasteiger partial charge < -0.3 is 14.2 Å². The number of nitrogens with one attached hydrogen (secondary N) is 1. The van der Waals surface area contributed by atoms with E-state index in [4.69, 9.17) is 14.2 Å². The van der Waals surface area contributed by atoms with Crippen molar-refractivity contribution in [3.63, 3.8) is 0 Å². The topological polar surface area (TPSA) is 69.2 Å². The van der Waals surface area contributed by atoms with Crippen molar-refractivity contribution >= 4 is 12.1 Å². The fourth-order valence-electron chi connectivity index (χ4n) is 2.56. The van der Waals surface area contributed by atoms with Crippen LogP contribution in [0.4, 0.5) is 0 Å². The minimum absolute atomic E-state index is 0.330. The Morgan fingerprint density at radius 3 is 2.48 bits per heavy atom. The molecule has 1 N–H and O–H groups in total. The van der Waals surface area contributed by atoms with Gasteiger partial charge in [-0.1, -0.05) is 6.07 Å². The number of aryl methyl sites for hydroxylation is 2. The molecule has 144 valence electrons. The summed E-state index contributed by atoms with van der Waals surface area (Å²) in [7, 11) is 1.58. The lowest BCUT2D eigenvalue weighted by Gasteiger charge is -2.14. The van der Waals surface area contributed by atoms with Crippen molar-refractivity contribution in [2.24, 2.45) is 5.10 Å². The smallest absolute Gasteiger partial charge is 0.280 e. The third-order valence-electron chi connectivity index (χ3n) is 3.75. The molecule has 2 rings (SSSR count). The van der Waals surface area contributed by atoms with Gasteiger partial charge in [0.25, 0.3) is 5.91 Å². The molecular weight excluding hydrogens is 344 g/mol. The van der Waals surface area contributed by atoms with Crippen LogP contribution in [-0.4, -0.2) is 31.9 Å². The van der Waals surface area contributed by atoms with E-state index in [0.29, 0.717) is 23.9 Å². The highest BCUT2D eigenvalue weighted by atomic mass is 16.5. The number of amides is 1. The molecule has 0 aromatic heterocycles. The maximum atomic E-state index is 12.2. The fourth-order valence-corrected chi connectivity index (χ4v) is 2.56. The standard InChI is InChI=1S/C21H26N2O4/c1-6-26-19-8-7-17(12-20(19)25-5)13-22-23-21(24)16(4)27-18-10-14(2)9-15(3)11-18/h7-13,16H,6H2,1-5H3,(H,23,24)/t16-/m0/s1. The lowest BCUT2D eigenvalue weighted by molar-refractivity contribution is -0.127. The summed E-state index contributed by atoms with van der Waals surface area (Å²) in [6.45, 7) is 8.12. The first-order valence-electron chi connectivity index (χ1n) is 8.81. The van der Waals surface area contributed by atoms with Gasteiger partial charge in [0.05, 0.1) is 19.9 Å². The maximum absolute atomic E-state index is 12.2. The Morgan fingerprint density at radius 2 is 1.85 bits per heavy atom. The van der Waals surface area contributed by atoms with Crippen LogP contribution in [0, 0.1) is 13.8 Å². The Kier molecular flexibility index (Phi) is 7.23. The zero-order valence-electron chi connectivity index (χ0n) is 16.4. The van der Waals surface area contributed by atoms with Gasteiger partial charge in [-0.15, -0.1) is 0 Å². The quantitative estimate of drug-likeness (QED) is 0.569. The summed E-state index contributed by atoms with van der Waals surface area (Å²) < 4.78 is 16.5. The third-order valence-corrected chi connectivity index (χ3v) is 3.75. The summed E-state index contributed by atoms with van der Waals surface area (Å²) in [4.78, 5) is 12.2. The molecule has 0 spiro atoms. The number of ether oxygens (including phenoxy) is 3. The molecule has 0 bridgehead atoms. The van der Waals surface area contributed by atoms with Gasteiger partial charge in [0.1, 0.15) is 5.75 Å². The Labute approximate surface area is 160 Å². The van der Waals surface area contributed by atoms with E-state index in [0.717, 1.165) is 16.7 Å². The molecule has 0 aliphatic carbocycles. The minimum atomic E-state index is -0.668. The third kappa shape index (κ3) is 6.02. The Hall–Kier alpha value is -3.02. The first-order chi connectivity index (χ1) is 12.9. The van der Waals surface area contributed by atoms with Crippen molar-refractivity contribution in [1.29, 1.82) is 0 Å². The molecule has 0 saturated heterocycles. The van der Waals surface area contributed by atoms with Gasteiger partial charge in [-0.2, -0.15) is 5.10 Å². The van der Waals surface area contributed by atoms with E-state index < -0.39 is 6.10 Å². The maximum Gasteiger partial charge on any atom is 0.280 e. The summed E-state index contributed by atoms with van der Waals surface area (Å²) in [5, 5.41) is 3.99. The number of hydrogen-bond donors (Lipinski definition) is 1. The summed E-state index contributed by atoms with van der Waals surface area (Å²) in [6, 6.07) is 11.3. The monoisotopic (exact) mass is 370 g/mol. The van der Waals surface area contributed by atoms with Gasteiger partial charge in [-0.05, 0) is 74.7 Å². The molecule has 0 heterocycles. The van der Waals surface area contributed by atoms with Crippen LogP contribution in [0.1, 0.15) is 30.5 Å². The van der Waals surface area contributed by atoms with Crippen LogP contribution >= 0.6 is 0 Å². The van der Waals surface area contributed by atoms with Crippen molar-refractivity contribution in [2.45, 2.75) is 33.8 Å². The highest BCUT2D eigenvalue weighted by molar-refractivity contribution is 5.84. The summed E-state index contributed by atoms with van der Waals surface area (Å²) in [5.74, 6) is 1.61. The lowest BCUT2D eigenvalue weighted by atomic mass is 10.1. The molecule has 0 aliphatic rings. The summed E-state index contributed by atoms with van der Waals surface area (Å²) >= 11 is 0. The van der Waals surface area contributed by atoms with E-state index in [1.54, 1.807) is 32.4 Å². The van der Waals surface area contributed by atoms with Gasteiger partial charge in [0, 0.05) is 0 Å². The van der Waals surface area contributed by atoms with Gasteiger partial charge in [0.15, 0.2) is 17.6 Å². The van der Waals surface area contributed by atoms with Crippen LogP contribution in [-0.2, 0) is 4.79 Å². The number of benzene rings is 2. The molecule has 2 aromatic carbocycles. The average molecular weight is 370 g/mol. The molecule has 0 saturated carbocycles. The zero-order chi connectivity index (χ0) is 19.8. The number of hydrogen-bond acceptors (Lipinski definition) is 5. The molecule has 0 fully saturated rings. The minimum Gasteiger partial charge on any atom is -0.493 e. The molecular formula is C21H26N2O4. The molecule has 2 aromatic rings. The Balaban J connectivity index is 1.95. The molecule has 0 radical (unpaired) electrons. The van der Waals surface area contributed by atoms with Crippen LogP contribution in [0.15, 0.2) is 41.5 Å². The van der Waals surface area contributed by atoms with E-state index >= 15 is 0 Å². The number of methoxy groups -OCH3 is 1. The Morgan fingerprint density at radius 1 is 1.15 bits per heavy atom. The number of hydrazone groups is 1. The largest absolute Gasteiger partial charge is 0.493 e. The SMILES string of the molecule is CCOc1ccc(C=NNC(=O)[C@H](C)Oc2cc(C)cc(C)c2)cc1OC. The average Bonchev–Trinajstić information content (AvgIpc) is 2.62. The zero-order valence-corrected chi connectivity index (χ0v) is 16.4. The van der Waals surface area contributed by atoms with Crippen molar-refractivity contribution in [3.05, 3.63) is 53.1 Å². The number of carbonyl (C=O) groups excluding carboxylic acids is 1.